The van der Waals surface area contributed by atoms with E-state index in [1.807, 2.05) is 53.4 Å². The number of carbonyl (C=O) groups excluding carboxylic acids is 2. The average Bonchev–Trinajstić information content (AvgIpc) is 3.36. The number of anilines is 1. The number of rotatable bonds is 5. The Bertz CT molecular complexity index is 1170. The molecule has 2 aromatic carbocycles. The molecule has 2 amide bonds. The van der Waals surface area contributed by atoms with Crippen molar-refractivity contribution >= 4 is 28.8 Å². The summed E-state index contributed by atoms with van der Waals surface area (Å²) < 4.78 is 10.6. The minimum Gasteiger partial charge on any atom is -0.497 e. The summed E-state index contributed by atoms with van der Waals surface area (Å²) in [5.74, 6) is 1.28. The van der Waals surface area contributed by atoms with Crippen LogP contribution in [0.4, 0.5) is 5.69 Å². The zero-order valence-electron chi connectivity index (χ0n) is 19.4. The number of ether oxygens (including phenoxy) is 2. The van der Waals surface area contributed by atoms with Gasteiger partial charge in [-0.1, -0.05) is 12.1 Å². The molecule has 0 saturated carbocycles. The molecule has 1 saturated heterocycles. The zero-order chi connectivity index (χ0) is 23.7. The van der Waals surface area contributed by atoms with Gasteiger partial charge in [0.25, 0.3) is 0 Å². The second-order valence-electron chi connectivity index (χ2n) is 8.70. The summed E-state index contributed by atoms with van der Waals surface area (Å²) >= 11 is 1.76. The fourth-order valence-electron chi connectivity index (χ4n) is 5.05. The number of hydrogen-bond donors (Lipinski definition) is 0. The molecule has 6 nitrogen and oxygen atoms in total. The van der Waals surface area contributed by atoms with E-state index in [1.165, 1.54) is 10.4 Å². The Labute approximate surface area is 203 Å². The molecular weight excluding hydrogens is 448 g/mol. The molecule has 3 heterocycles. The molecule has 1 aromatic heterocycles. The van der Waals surface area contributed by atoms with E-state index in [1.54, 1.807) is 30.5 Å². The van der Waals surface area contributed by atoms with Gasteiger partial charge in [0.1, 0.15) is 11.5 Å². The molecule has 2 aliphatic heterocycles. The van der Waals surface area contributed by atoms with Crippen molar-refractivity contribution in [1.29, 1.82) is 0 Å². The van der Waals surface area contributed by atoms with Crippen molar-refractivity contribution in [3.63, 3.8) is 0 Å². The van der Waals surface area contributed by atoms with Gasteiger partial charge in [0.05, 0.1) is 26.2 Å². The third-order valence-corrected chi connectivity index (χ3v) is 7.86. The van der Waals surface area contributed by atoms with E-state index in [0.717, 1.165) is 29.2 Å². The van der Waals surface area contributed by atoms with Crippen molar-refractivity contribution in [2.75, 3.05) is 25.7 Å². The summed E-state index contributed by atoms with van der Waals surface area (Å²) in [5.41, 5.74) is 2.93. The second kappa shape index (κ2) is 9.50. The van der Waals surface area contributed by atoms with Crippen LogP contribution in [0.25, 0.3) is 0 Å². The molecule has 34 heavy (non-hydrogen) atoms. The molecule has 0 N–H and O–H groups in total. The number of nitrogens with zero attached hydrogens (tertiary/aromatic N) is 2. The van der Waals surface area contributed by atoms with Gasteiger partial charge in [-0.05, 0) is 71.8 Å². The zero-order valence-corrected chi connectivity index (χ0v) is 20.2. The normalized spacial score (nSPS) is 20.1. The third-order valence-electron chi connectivity index (χ3n) is 6.84. The lowest BCUT2D eigenvalue weighted by Gasteiger charge is -2.43. The smallest absolute Gasteiger partial charge is 0.228 e. The summed E-state index contributed by atoms with van der Waals surface area (Å²) in [6, 6.07) is 16.9. The number of piperidine rings is 1. The number of methoxy groups -OCH3 is 2. The van der Waals surface area contributed by atoms with Crippen LogP contribution in [0.5, 0.6) is 11.5 Å². The Morgan fingerprint density at radius 2 is 1.62 bits per heavy atom. The van der Waals surface area contributed by atoms with Crippen LogP contribution in [0, 0.1) is 5.92 Å². The quantitative estimate of drug-likeness (QED) is 0.529. The molecule has 0 bridgehead atoms. The van der Waals surface area contributed by atoms with E-state index in [-0.39, 0.29) is 17.7 Å². The van der Waals surface area contributed by atoms with Crippen molar-refractivity contribution in [2.45, 2.75) is 31.8 Å². The SMILES string of the molecule is COc1ccc(C2C(C(=O)N3CCc4sccc4C3)CCC(=O)N2c2ccc(OC)cc2)cc1. The number of carbonyl (C=O) groups is 2. The predicted molar refractivity (Wildman–Crippen MR) is 132 cm³/mol. The molecule has 5 rings (SSSR count). The first-order valence-electron chi connectivity index (χ1n) is 11.5. The maximum absolute atomic E-state index is 13.9. The molecule has 0 aliphatic carbocycles. The van der Waals surface area contributed by atoms with Gasteiger partial charge in [0.15, 0.2) is 0 Å². The van der Waals surface area contributed by atoms with E-state index in [9.17, 15) is 9.59 Å². The van der Waals surface area contributed by atoms with Crippen LogP contribution in [-0.2, 0) is 22.6 Å². The number of hydrogen-bond acceptors (Lipinski definition) is 5. The van der Waals surface area contributed by atoms with Crippen LogP contribution < -0.4 is 14.4 Å². The predicted octanol–water partition coefficient (Wildman–Crippen LogP) is 4.83. The van der Waals surface area contributed by atoms with Gasteiger partial charge in [0, 0.05) is 30.1 Å². The lowest BCUT2D eigenvalue weighted by atomic mass is 9.82. The van der Waals surface area contributed by atoms with Crippen molar-refractivity contribution in [3.8, 4) is 11.5 Å². The summed E-state index contributed by atoms with van der Waals surface area (Å²) in [4.78, 5) is 32.3. The van der Waals surface area contributed by atoms with Gasteiger partial charge in [-0.3, -0.25) is 9.59 Å². The van der Waals surface area contributed by atoms with Crippen LogP contribution >= 0.6 is 11.3 Å². The highest BCUT2D eigenvalue weighted by molar-refractivity contribution is 7.10. The van der Waals surface area contributed by atoms with Gasteiger partial charge in [0.2, 0.25) is 11.8 Å². The Kier molecular flexibility index (Phi) is 6.28. The molecule has 2 aliphatic rings. The molecule has 1 fully saturated rings. The summed E-state index contributed by atoms with van der Waals surface area (Å²) in [7, 11) is 3.25. The first-order valence-corrected chi connectivity index (χ1v) is 12.4. The first kappa shape index (κ1) is 22.5. The van der Waals surface area contributed by atoms with Crippen LogP contribution in [0.15, 0.2) is 60.0 Å². The van der Waals surface area contributed by atoms with E-state index in [4.69, 9.17) is 9.47 Å². The fraction of sp³-hybridized carbons (Fsp3) is 0.333. The van der Waals surface area contributed by atoms with E-state index >= 15 is 0 Å². The van der Waals surface area contributed by atoms with Crippen LogP contribution in [0.3, 0.4) is 0 Å². The van der Waals surface area contributed by atoms with Crippen LogP contribution in [0.1, 0.15) is 34.9 Å². The topological polar surface area (TPSA) is 59.1 Å². The molecular formula is C27H28N2O4S. The van der Waals surface area contributed by atoms with Gasteiger partial charge in [-0.15, -0.1) is 11.3 Å². The Morgan fingerprint density at radius 3 is 2.29 bits per heavy atom. The molecule has 0 spiro atoms. The van der Waals surface area contributed by atoms with Crippen molar-refractivity contribution in [3.05, 3.63) is 76.0 Å². The van der Waals surface area contributed by atoms with Crippen LogP contribution in [-0.4, -0.2) is 37.5 Å². The Morgan fingerprint density at radius 1 is 0.941 bits per heavy atom. The highest BCUT2D eigenvalue weighted by Gasteiger charge is 2.43. The highest BCUT2D eigenvalue weighted by Crippen LogP contribution is 2.42. The van der Waals surface area contributed by atoms with Crippen molar-refractivity contribution in [1.82, 2.24) is 4.90 Å². The van der Waals surface area contributed by atoms with Crippen molar-refractivity contribution < 1.29 is 19.1 Å². The molecule has 2 unspecified atom stereocenters. The van der Waals surface area contributed by atoms with Gasteiger partial charge in [-0.25, -0.2) is 0 Å². The molecule has 2 atom stereocenters. The second-order valence-corrected chi connectivity index (χ2v) is 9.70. The van der Waals surface area contributed by atoms with Gasteiger partial charge >= 0.3 is 0 Å². The summed E-state index contributed by atoms with van der Waals surface area (Å²) in [5, 5.41) is 2.10. The standard InChI is InChI=1S/C27H28N2O4S/c1-32-21-7-3-18(4-8-21)26-23(27(31)28-15-13-24-19(17-28)14-16-34-24)11-12-25(30)29(26)20-5-9-22(33-2)10-6-20/h3-10,14,16,23,26H,11-13,15,17H2,1-2H3. The van der Waals surface area contributed by atoms with Crippen molar-refractivity contribution in [2.24, 2.45) is 5.92 Å². The Hall–Kier alpha value is -3.32. The minimum absolute atomic E-state index is 0.0220. The van der Waals surface area contributed by atoms with Gasteiger partial charge in [-0.2, -0.15) is 0 Å². The third kappa shape index (κ3) is 4.16. The number of benzene rings is 2. The number of thiophene rings is 1. The van der Waals surface area contributed by atoms with Gasteiger partial charge < -0.3 is 19.3 Å². The number of fused-ring (bicyclic) bond motifs is 1. The van der Waals surface area contributed by atoms with E-state index in [0.29, 0.717) is 25.9 Å². The van der Waals surface area contributed by atoms with E-state index < -0.39 is 6.04 Å². The molecule has 0 radical (unpaired) electrons. The lowest BCUT2D eigenvalue weighted by molar-refractivity contribution is -0.139. The maximum Gasteiger partial charge on any atom is 0.228 e. The molecule has 176 valence electrons. The van der Waals surface area contributed by atoms with Crippen LogP contribution in [0.2, 0.25) is 0 Å². The maximum atomic E-state index is 13.9. The molecule has 3 aromatic rings. The fourth-order valence-corrected chi connectivity index (χ4v) is 5.94. The minimum atomic E-state index is -0.392. The van der Waals surface area contributed by atoms with E-state index in [2.05, 4.69) is 11.4 Å². The lowest BCUT2D eigenvalue weighted by Crippen LogP contribution is -2.50. The average molecular weight is 477 g/mol. The molecule has 7 heteroatoms. The summed E-state index contributed by atoms with van der Waals surface area (Å²) in [6.45, 7) is 1.36. The Balaban J connectivity index is 1.52. The summed E-state index contributed by atoms with van der Waals surface area (Å²) in [6.07, 6.45) is 1.76. The monoisotopic (exact) mass is 476 g/mol. The number of amides is 2. The first-order chi connectivity index (χ1) is 16.6. The highest BCUT2D eigenvalue weighted by atomic mass is 32.1. The largest absolute Gasteiger partial charge is 0.497 e.